The Bertz CT molecular complexity index is 416. The minimum atomic E-state index is -0.621. The topological polar surface area (TPSA) is 64.8 Å². The normalized spacial score (nSPS) is 12.2. The molecule has 1 rings (SSSR count). The number of esters is 1. The SMILES string of the molecule is CCN(CC)CCOc1ccc(CC(N)C(=O)OC)cc1. The van der Waals surface area contributed by atoms with Gasteiger partial charge in [-0.25, -0.2) is 0 Å². The van der Waals surface area contributed by atoms with E-state index in [0.717, 1.165) is 30.9 Å². The van der Waals surface area contributed by atoms with Gasteiger partial charge in [-0.3, -0.25) is 4.79 Å². The maximum atomic E-state index is 11.3. The molecule has 0 saturated heterocycles. The number of nitrogens with zero attached hydrogens (tertiary/aromatic N) is 1. The molecule has 0 saturated carbocycles. The number of benzene rings is 1. The van der Waals surface area contributed by atoms with Crippen LogP contribution < -0.4 is 10.5 Å². The van der Waals surface area contributed by atoms with Gasteiger partial charge in [0.15, 0.2) is 0 Å². The summed E-state index contributed by atoms with van der Waals surface area (Å²) >= 11 is 0. The number of nitrogens with two attached hydrogens (primary N) is 1. The summed E-state index contributed by atoms with van der Waals surface area (Å²) in [6.07, 6.45) is 0.465. The lowest BCUT2D eigenvalue weighted by atomic mass is 10.1. The van der Waals surface area contributed by atoms with E-state index in [9.17, 15) is 4.79 Å². The summed E-state index contributed by atoms with van der Waals surface area (Å²) in [5.41, 5.74) is 6.72. The second-order valence-corrected chi connectivity index (χ2v) is 4.85. The number of likely N-dealkylation sites (N-methyl/N-ethyl adjacent to an activating group) is 1. The Morgan fingerprint density at radius 2 is 1.86 bits per heavy atom. The van der Waals surface area contributed by atoms with Crippen LogP contribution in [0.2, 0.25) is 0 Å². The third kappa shape index (κ3) is 6.14. The van der Waals surface area contributed by atoms with Crippen LogP contribution in [0, 0.1) is 0 Å². The number of ether oxygens (including phenoxy) is 2. The van der Waals surface area contributed by atoms with Gasteiger partial charge in [0.1, 0.15) is 18.4 Å². The summed E-state index contributed by atoms with van der Waals surface area (Å²) in [5.74, 6) is 0.437. The van der Waals surface area contributed by atoms with Crippen LogP contribution in [0.15, 0.2) is 24.3 Å². The van der Waals surface area contributed by atoms with Crippen LogP contribution in [-0.4, -0.2) is 50.3 Å². The van der Waals surface area contributed by atoms with Crippen molar-refractivity contribution in [1.29, 1.82) is 0 Å². The van der Waals surface area contributed by atoms with Crippen molar-refractivity contribution in [1.82, 2.24) is 4.90 Å². The summed E-state index contributed by atoms with van der Waals surface area (Å²) in [6.45, 7) is 7.94. The minimum Gasteiger partial charge on any atom is -0.492 e. The number of hydrogen-bond donors (Lipinski definition) is 1. The maximum Gasteiger partial charge on any atom is 0.322 e. The van der Waals surface area contributed by atoms with E-state index in [1.54, 1.807) is 0 Å². The van der Waals surface area contributed by atoms with Crippen molar-refractivity contribution in [2.45, 2.75) is 26.3 Å². The van der Waals surface area contributed by atoms with Gasteiger partial charge in [-0.05, 0) is 37.2 Å². The highest BCUT2D eigenvalue weighted by molar-refractivity contribution is 5.75. The van der Waals surface area contributed by atoms with Gasteiger partial charge in [-0.1, -0.05) is 26.0 Å². The Balaban J connectivity index is 2.41. The predicted molar refractivity (Wildman–Crippen MR) is 83.4 cm³/mol. The lowest BCUT2D eigenvalue weighted by Crippen LogP contribution is -2.33. The molecule has 0 radical (unpaired) electrons. The molecule has 1 aromatic rings. The average molecular weight is 294 g/mol. The molecule has 21 heavy (non-hydrogen) atoms. The van der Waals surface area contributed by atoms with Gasteiger partial charge < -0.3 is 20.1 Å². The first-order valence-corrected chi connectivity index (χ1v) is 7.38. The monoisotopic (exact) mass is 294 g/mol. The highest BCUT2D eigenvalue weighted by Gasteiger charge is 2.13. The smallest absolute Gasteiger partial charge is 0.322 e. The number of rotatable bonds is 9. The number of carbonyl (C=O) groups is 1. The number of carbonyl (C=O) groups excluding carboxylic acids is 1. The van der Waals surface area contributed by atoms with Gasteiger partial charge >= 0.3 is 5.97 Å². The van der Waals surface area contributed by atoms with Crippen LogP contribution in [0.5, 0.6) is 5.75 Å². The maximum absolute atomic E-state index is 11.3. The Hall–Kier alpha value is -1.59. The zero-order chi connectivity index (χ0) is 15.7. The van der Waals surface area contributed by atoms with E-state index < -0.39 is 12.0 Å². The van der Waals surface area contributed by atoms with Crippen LogP contribution in [0.1, 0.15) is 19.4 Å². The van der Waals surface area contributed by atoms with E-state index in [1.165, 1.54) is 7.11 Å². The molecule has 5 nitrogen and oxygen atoms in total. The quantitative estimate of drug-likeness (QED) is 0.698. The highest BCUT2D eigenvalue weighted by Crippen LogP contribution is 2.13. The summed E-state index contributed by atoms with van der Waals surface area (Å²) < 4.78 is 10.3. The van der Waals surface area contributed by atoms with Gasteiger partial charge in [-0.2, -0.15) is 0 Å². The molecule has 0 aliphatic rings. The van der Waals surface area contributed by atoms with E-state index in [4.69, 9.17) is 10.5 Å². The lowest BCUT2D eigenvalue weighted by Gasteiger charge is -2.18. The first-order valence-electron chi connectivity index (χ1n) is 7.38. The molecule has 0 aromatic heterocycles. The first-order chi connectivity index (χ1) is 10.1. The van der Waals surface area contributed by atoms with Crippen molar-refractivity contribution in [3.8, 4) is 5.75 Å². The molecule has 2 N–H and O–H groups in total. The second-order valence-electron chi connectivity index (χ2n) is 4.85. The molecule has 1 aromatic carbocycles. The van der Waals surface area contributed by atoms with Crippen LogP contribution in [0.3, 0.4) is 0 Å². The van der Waals surface area contributed by atoms with Crippen molar-refractivity contribution >= 4 is 5.97 Å². The standard InChI is InChI=1S/C16H26N2O3/c1-4-18(5-2)10-11-21-14-8-6-13(7-9-14)12-15(17)16(19)20-3/h6-9,15H,4-5,10-12,17H2,1-3H3. The van der Waals surface area contributed by atoms with Crippen molar-refractivity contribution in [3.63, 3.8) is 0 Å². The molecule has 0 amide bonds. The fraction of sp³-hybridized carbons (Fsp3) is 0.562. The third-order valence-electron chi connectivity index (χ3n) is 3.45. The zero-order valence-corrected chi connectivity index (χ0v) is 13.2. The Kier molecular flexibility index (Phi) is 7.79. The summed E-state index contributed by atoms with van der Waals surface area (Å²) in [7, 11) is 1.34. The molecular weight excluding hydrogens is 268 g/mol. The van der Waals surface area contributed by atoms with E-state index >= 15 is 0 Å². The third-order valence-corrected chi connectivity index (χ3v) is 3.45. The molecule has 0 bridgehead atoms. The zero-order valence-electron chi connectivity index (χ0n) is 13.2. The second kappa shape index (κ2) is 9.37. The van der Waals surface area contributed by atoms with E-state index in [0.29, 0.717) is 13.0 Å². The van der Waals surface area contributed by atoms with Crippen molar-refractivity contribution < 1.29 is 14.3 Å². The number of hydrogen-bond acceptors (Lipinski definition) is 5. The number of methoxy groups -OCH3 is 1. The van der Waals surface area contributed by atoms with Crippen molar-refractivity contribution in [2.24, 2.45) is 5.73 Å². The molecule has 0 aliphatic heterocycles. The van der Waals surface area contributed by atoms with Crippen molar-refractivity contribution in [2.75, 3.05) is 33.4 Å². The van der Waals surface area contributed by atoms with Gasteiger partial charge in [0.05, 0.1) is 7.11 Å². The molecule has 1 atom stereocenters. The average Bonchev–Trinajstić information content (AvgIpc) is 2.52. The molecule has 0 heterocycles. The fourth-order valence-electron chi connectivity index (χ4n) is 2.04. The van der Waals surface area contributed by atoms with Gasteiger partial charge in [0.25, 0.3) is 0 Å². The molecule has 1 unspecified atom stereocenters. The molecule has 0 fully saturated rings. The predicted octanol–water partition coefficient (Wildman–Crippen LogP) is 1.45. The Morgan fingerprint density at radius 1 is 1.24 bits per heavy atom. The lowest BCUT2D eigenvalue weighted by molar-refractivity contribution is -0.142. The summed E-state index contributed by atoms with van der Waals surface area (Å²) in [6, 6.07) is 7.04. The first kappa shape index (κ1) is 17.5. The van der Waals surface area contributed by atoms with E-state index in [1.807, 2.05) is 24.3 Å². The van der Waals surface area contributed by atoms with Gasteiger partial charge in [-0.15, -0.1) is 0 Å². The molecular formula is C16H26N2O3. The Morgan fingerprint density at radius 3 is 2.38 bits per heavy atom. The molecule has 0 aliphatic carbocycles. The summed E-state index contributed by atoms with van der Waals surface area (Å²) in [5, 5.41) is 0. The Labute approximate surface area is 127 Å². The van der Waals surface area contributed by atoms with E-state index in [2.05, 4.69) is 23.5 Å². The van der Waals surface area contributed by atoms with Crippen molar-refractivity contribution in [3.05, 3.63) is 29.8 Å². The van der Waals surface area contributed by atoms with Crippen LogP contribution in [0.4, 0.5) is 0 Å². The largest absolute Gasteiger partial charge is 0.492 e. The molecule has 5 heteroatoms. The van der Waals surface area contributed by atoms with Crippen LogP contribution in [0.25, 0.3) is 0 Å². The molecule has 0 spiro atoms. The summed E-state index contributed by atoms with van der Waals surface area (Å²) in [4.78, 5) is 13.6. The van der Waals surface area contributed by atoms with Gasteiger partial charge in [0.2, 0.25) is 0 Å². The highest BCUT2D eigenvalue weighted by atomic mass is 16.5. The van der Waals surface area contributed by atoms with Crippen LogP contribution in [-0.2, 0) is 16.0 Å². The van der Waals surface area contributed by atoms with Gasteiger partial charge in [0, 0.05) is 6.54 Å². The molecule has 118 valence electrons. The minimum absolute atomic E-state index is 0.394. The van der Waals surface area contributed by atoms with E-state index in [-0.39, 0.29) is 0 Å². The fourth-order valence-corrected chi connectivity index (χ4v) is 2.04. The van der Waals surface area contributed by atoms with Crippen LogP contribution >= 0.6 is 0 Å².